The van der Waals surface area contributed by atoms with Crippen LogP contribution in [0.4, 0.5) is 26.3 Å². The fourth-order valence-electron chi connectivity index (χ4n) is 8.01. The Morgan fingerprint density at radius 2 is 1.53 bits per heavy atom. The van der Waals surface area contributed by atoms with Crippen molar-refractivity contribution in [2.75, 3.05) is 26.7 Å². The van der Waals surface area contributed by atoms with E-state index in [0.717, 1.165) is 0 Å². The molecule has 1 saturated heterocycles. The van der Waals surface area contributed by atoms with E-state index in [1.54, 1.807) is 43.3 Å². The highest BCUT2D eigenvalue weighted by atomic mass is 19.4. The van der Waals surface area contributed by atoms with Crippen molar-refractivity contribution in [2.45, 2.75) is 44.6 Å². The molecule has 7 nitrogen and oxygen atoms in total. The number of aryl methyl sites for hydroxylation is 1. The van der Waals surface area contributed by atoms with Crippen LogP contribution in [0.2, 0.25) is 0 Å². The fraction of sp³-hybridized carbons (Fsp3) is 0.417. The number of rotatable bonds is 7. The van der Waals surface area contributed by atoms with Crippen molar-refractivity contribution < 1.29 is 40.7 Å². The summed E-state index contributed by atoms with van der Waals surface area (Å²) < 4.78 is 89.2. The third-order valence-electron chi connectivity index (χ3n) is 10.1. The Balaban J connectivity index is 1.32. The van der Waals surface area contributed by atoms with Crippen LogP contribution in [0.3, 0.4) is 0 Å². The Labute approximate surface area is 277 Å². The number of ether oxygens (including phenoxy) is 1. The van der Waals surface area contributed by atoms with Gasteiger partial charge in [0.2, 0.25) is 5.91 Å². The minimum Gasteiger partial charge on any atom is -0.467 e. The van der Waals surface area contributed by atoms with Gasteiger partial charge < -0.3 is 14.6 Å². The van der Waals surface area contributed by atoms with Crippen LogP contribution in [-0.2, 0) is 34.0 Å². The number of hydrogen-bond donors (Lipinski definition) is 1. The monoisotopic (exact) mass is 687 g/mol. The van der Waals surface area contributed by atoms with Gasteiger partial charge in [-0.1, -0.05) is 61.5 Å². The molecule has 49 heavy (non-hydrogen) atoms. The fourth-order valence-corrected chi connectivity index (χ4v) is 8.01. The number of carbonyl (C=O) groups excluding carboxylic acids is 2. The lowest BCUT2D eigenvalue weighted by Gasteiger charge is -2.28. The standard InChI is InChI=1S/C36H35F6N3O4/c1-34(15-21-17-45(18-22(21)16-34)19-35(37,38)39)33(48)43-27(32(47)49-3)14-20-8-6-11-24-23(20)10-7-12-25(24)29-30(36(40,41)42)26-9-4-5-13-28(26)44(2)31(29)46/h4-13,21-22,27H,14-19H2,1-3H3,(H,43,48)/t21-,22+,27-,34?/m0/s1. The molecule has 1 aromatic heterocycles. The number of nitrogens with zero attached hydrogens (tertiary/aromatic N) is 2. The van der Waals surface area contributed by atoms with E-state index in [4.69, 9.17) is 4.74 Å². The number of halogens is 6. The summed E-state index contributed by atoms with van der Waals surface area (Å²) in [5.41, 5.74) is -2.54. The number of aromatic nitrogens is 1. The van der Waals surface area contributed by atoms with Gasteiger partial charge in [-0.2, -0.15) is 26.3 Å². The molecule has 0 radical (unpaired) electrons. The van der Waals surface area contributed by atoms with Crippen LogP contribution in [0.5, 0.6) is 0 Å². The normalized spacial score (nSPS) is 22.0. The number of amides is 1. The minimum atomic E-state index is -4.85. The van der Waals surface area contributed by atoms with Gasteiger partial charge in [0, 0.05) is 37.4 Å². The number of benzene rings is 3. The summed E-state index contributed by atoms with van der Waals surface area (Å²) in [5.74, 6) is -1.33. The van der Waals surface area contributed by atoms with Crippen LogP contribution in [-0.4, -0.2) is 60.3 Å². The van der Waals surface area contributed by atoms with E-state index in [1.807, 2.05) is 0 Å². The van der Waals surface area contributed by atoms with Crippen LogP contribution in [0, 0.1) is 17.3 Å². The second-order valence-electron chi connectivity index (χ2n) is 13.5. The molecule has 1 amide bonds. The van der Waals surface area contributed by atoms with Gasteiger partial charge in [-0.25, -0.2) is 4.79 Å². The highest BCUT2D eigenvalue weighted by molar-refractivity contribution is 6.02. The molecule has 4 atom stereocenters. The Bertz CT molecular complexity index is 1990. The number of fused-ring (bicyclic) bond motifs is 3. The van der Waals surface area contributed by atoms with Crippen molar-refractivity contribution in [1.29, 1.82) is 0 Å². The van der Waals surface area contributed by atoms with E-state index < -0.39 is 58.9 Å². The molecule has 1 N–H and O–H groups in total. The SMILES string of the molecule is COC(=O)[C@H](Cc1cccc2c(-c3c(C(F)(F)F)c4ccccc4n(C)c3=O)cccc12)NC(=O)C1(C)C[C@H]2CN(CC(F)(F)F)C[C@H]2C1. The first-order valence-electron chi connectivity index (χ1n) is 15.9. The van der Waals surface area contributed by atoms with Crippen LogP contribution in [0.25, 0.3) is 32.8 Å². The highest BCUT2D eigenvalue weighted by Gasteiger charge is 2.52. The smallest absolute Gasteiger partial charge is 0.417 e. The molecule has 6 rings (SSSR count). The van der Waals surface area contributed by atoms with Crippen LogP contribution in [0.15, 0.2) is 65.5 Å². The number of likely N-dealkylation sites (tertiary alicyclic amines) is 1. The lowest BCUT2D eigenvalue weighted by molar-refractivity contribution is -0.146. The van der Waals surface area contributed by atoms with Gasteiger partial charge in [-0.05, 0) is 52.6 Å². The van der Waals surface area contributed by atoms with E-state index in [0.29, 0.717) is 29.2 Å². The average molecular weight is 688 g/mol. The number of alkyl halides is 6. The van der Waals surface area contributed by atoms with E-state index >= 15 is 0 Å². The summed E-state index contributed by atoms with van der Waals surface area (Å²) in [6, 6.07) is 14.3. The first-order chi connectivity index (χ1) is 23.0. The van der Waals surface area contributed by atoms with Gasteiger partial charge in [0.1, 0.15) is 6.04 Å². The number of hydrogen-bond acceptors (Lipinski definition) is 5. The molecule has 0 bridgehead atoms. The van der Waals surface area contributed by atoms with Gasteiger partial charge in [0.15, 0.2) is 0 Å². The molecule has 3 aromatic carbocycles. The van der Waals surface area contributed by atoms with Crippen molar-refractivity contribution in [3.8, 4) is 11.1 Å². The van der Waals surface area contributed by atoms with Crippen molar-refractivity contribution in [2.24, 2.45) is 24.3 Å². The maximum Gasteiger partial charge on any atom is 0.417 e. The van der Waals surface area contributed by atoms with Crippen LogP contribution >= 0.6 is 0 Å². The second kappa shape index (κ2) is 12.5. The highest BCUT2D eigenvalue weighted by Crippen LogP contribution is 2.49. The number of carbonyl (C=O) groups is 2. The molecule has 2 aliphatic rings. The maximum absolute atomic E-state index is 14.7. The summed E-state index contributed by atoms with van der Waals surface area (Å²) >= 11 is 0. The summed E-state index contributed by atoms with van der Waals surface area (Å²) in [5, 5.41) is 3.52. The molecule has 1 saturated carbocycles. The van der Waals surface area contributed by atoms with Gasteiger partial charge in [0.25, 0.3) is 5.56 Å². The first-order valence-corrected chi connectivity index (χ1v) is 15.9. The Morgan fingerprint density at radius 1 is 0.918 bits per heavy atom. The molecule has 2 heterocycles. The zero-order chi connectivity index (χ0) is 35.5. The molecule has 260 valence electrons. The predicted octanol–water partition coefficient (Wildman–Crippen LogP) is 6.49. The molecule has 0 spiro atoms. The van der Waals surface area contributed by atoms with Crippen LogP contribution < -0.4 is 10.9 Å². The number of para-hydroxylation sites is 1. The summed E-state index contributed by atoms with van der Waals surface area (Å²) in [7, 11) is 2.60. The molecular weight excluding hydrogens is 652 g/mol. The number of nitrogens with one attached hydrogen (secondary N) is 1. The largest absolute Gasteiger partial charge is 0.467 e. The van der Waals surface area contributed by atoms with Crippen molar-refractivity contribution >= 4 is 33.6 Å². The molecule has 1 unspecified atom stereocenters. The number of pyridine rings is 1. The summed E-state index contributed by atoms with van der Waals surface area (Å²) in [6.07, 6.45) is -8.49. The van der Waals surface area contributed by atoms with Crippen LogP contribution in [0.1, 0.15) is 30.9 Å². The summed E-state index contributed by atoms with van der Waals surface area (Å²) in [4.78, 5) is 41.7. The van der Waals surface area contributed by atoms with E-state index in [2.05, 4.69) is 5.32 Å². The van der Waals surface area contributed by atoms with Gasteiger partial charge in [0.05, 0.1) is 30.3 Å². The third kappa shape index (κ3) is 6.52. The zero-order valence-electron chi connectivity index (χ0n) is 27.0. The van der Waals surface area contributed by atoms with Crippen molar-refractivity contribution in [3.63, 3.8) is 0 Å². The topological polar surface area (TPSA) is 80.6 Å². The Kier molecular flexibility index (Phi) is 8.79. The van der Waals surface area contributed by atoms with Crippen molar-refractivity contribution in [1.82, 2.24) is 14.8 Å². The zero-order valence-corrected chi connectivity index (χ0v) is 27.0. The predicted molar refractivity (Wildman–Crippen MR) is 172 cm³/mol. The van der Waals surface area contributed by atoms with E-state index in [1.165, 1.54) is 47.9 Å². The number of methoxy groups -OCH3 is 1. The van der Waals surface area contributed by atoms with Gasteiger partial charge in [-0.15, -0.1) is 0 Å². The quantitative estimate of drug-likeness (QED) is 0.178. The summed E-state index contributed by atoms with van der Waals surface area (Å²) in [6.45, 7) is 1.23. The van der Waals surface area contributed by atoms with Gasteiger partial charge >= 0.3 is 18.3 Å². The average Bonchev–Trinajstić information content (AvgIpc) is 3.54. The third-order valence-corrected chi connectivity index (χ3v) is 10.1. The molecule has 2 fully saturated rings. The second-order valence-corrected chi connectivity index (χ2v) is 13.5. The Hall–Kier alpha value is -4.39. The lowest BCUT2D eigenvalue weighted by atomic mass is 9.85. The molecule has 4 aromatic rings. The Morgan fingerprint density at radius 3 is 2.16 bits per heavy atom. The maximum atomic E-state index is 14.7. The molecule has 1 aliphatic heterocycles. The lowest BCUT2D eigenvalue weighted by Crippen LogP contribution is -2.48. The minimum absolute atomic E-state index is 0.0661. The van der Waals surface area contributed by atoms with E-state index in [9.17, 15) is 40.7 Å². The van der Waals surface area contributed by atoms with Gasteiger partial charge in [-0.3, -0.25) is 14.5 Å². The molecule has 1 aliphatic carbocycles. The molecule has 13 heteroatoms. The molecular formula is C36H35F6N3O4. The number of esters is 1. The van der Waals surface area contributed by atoms with Crippen molar-refractivity contribution in [3.05, 3.63) is 82.1 Å². The van der Waals surface area contributed by atoms with E-state index in [-0.39, 0.29) is 47.8 Å². The first kappa shape index (κ1) is 34.5.